The summed E-state index contributed by atoms with van der Waals surface area (Å²) in [6.07, 6.45) is 3.79. The molecule has 0 aromatic heterocycles. The first-order chi connectivity index (χ1) is 11.2. The largest absolute Gasteiger partial charge is 0.497 e. The molecule has 0 spiro atoms. The van der Waals surface area contributed by atoms with Crippen molar-refractivity contribution in [2.24, 2.45) is 0 Å². The number of nitrogens with zero attached hydrogens (tertiary/aromatic N) is 1. The Balaban J connectivity index is 2.34. The number of hydrogen-bond acceptors (Lipinski definition) is 4. The number of hydrogen-bond donors (Lipinski definition) is 0. The molecule has 1 aromatic rings. The van der Waals surface area contributed by atoms with E-state index in [0.717, 1.165) is 50.1 Å². The van der Waals surface area contributed by atoms with Crippen molar-refractivity contribution >= 4 is 5.78 Å². The van der Waals surface area contributed by atoms with Crippen LogP contribution in [0.4, 0.5) is 0 Å². The van der Waals surface area contributed by atoms with Crippen molar-refractivity contribution in [3.8, 4) is 5.75 Å². The highest BCUT2D eigenvalue weighted by molar-refractivity contribution is 6.03. The molecule has 0 aliphatic carbocycles. The first-order valence-corrected chi connectivity index (χ1v) is 8.69. The maximum absolute atomic E-state index is 13.4. The first-order valence-electron chi connectivity index (χ1n) is 8.69. The molecule has 0 saturated carbocycles. The molecule has 1 aromatic carbocycles. The second-order valence-electron chi connectivity index (χ2n) is 6.19. The summed E-state index contributed by atoms with van der Waals surface area (Å²) in [6, 6.07) is 7.52. The molecule has 1 saturated heterocycles. The number of ketones is 1. The van der Waals surface area contributed by atoms with Crippen LogP contribution in [0, 0.1) is 0 Å². The summed E-state index contributed by atoms with van der Waals surface area (Å²) in [5.74, 6) is 1.02. The second kappa shape index (κ2) is 8.46. The average Bonchev–Trinajstić information content (AvgIpc) is 2.61. The van der Waals surface area contributed by atoms with Gasteiger partial charge in [0.25, 0.3) is 0 Å². The lowest BCUT2D eigenvalue weighted by Crippen LogP contribution is -2.58. The summed E-state index contributed by atoms with van der Waals surface area (Å²) < 4.78 is 10.7. The van der Waals surface area contributed by atoms with Gasteiger partial charge in [-0.05, 0) is 37.1 Å². The van der Waals surface area contributed by atoms with Crippen molar-refractivity contribution in [1.82, 2.24) is 4.90 Å². The summed E-state index contributed by atoms with van der Waals surface area (Å²) in [5, 5.41) is 0. The fourth-order valence-corrected chi connectivity index (χ4v) is 3.64. The maximum Gasteiger partial charge on any atom is 0.183 e. The monoisotopic (exact) mass is 319 g/mol. The van der Waals surface area contributed by atoms with E-state index in [0.29, 0.717) is 13.2 Å². The van der Waals surface area contributed by atoms with Crippen LogP contribution in [0.2, 0.25) is 0 Å². The van der Waals surface area contributed by atoms with Crippen LogP contribution in [-0.2, 0) is 4.74 Å². The van der Waals surface area contributed by atoms with Gasteiger partial charge in [0, 0.05) is 18.7 Å². The van der Waals surface area contributed by atoms with Gasteiger partial charge in [0.1, 0.15) is 5.75 Å². The third-order valence-corrected chi connectivity index (χ3v) is 4.72. The van der Waals surface area contributed by atoms with Crippen molar-refractivity contribution in [2.75, 3.05) is 33.4 Å². The van der Waals surface area contributed by atoms with E-state index in [2.05, 4.69) is 18.7 Å². The van der Waals surface area contributed by atoms with Crippen LogP contribution < -0.4 is 4.74 Å². The summed E-state index contributed by atoms with van der Waals surface area (Å²) in [7, 11) is 1.64. The molecule has 1 aliphatic rings. The van der Waals surface area contributed by atoms with E-state index in [-0.39, 0.29) is 5.78 Å². The summed E-state index contributed by atoms with van der Waals surface area (Å²) in [4.78, 5) is 15.8. The fourth-order valence-electron chi connectivity index (χ4n) is 3.64. The minimum absolute atomic E-state index is 0.241. The van der Waals surface area contributed by atoms with E-state index in [4.69, 9.17) is 9.47 Å². The number of Topliss-reactive ketones (excluding diaryl/α,β-unsaturated/α-hetero) is 1. The Hall–Kier alpha value is -1.39. The van der Waals surface area contributed by atoms with E-state index < -0.39 is 5.54 Å². The minimum Gasteiger partial charge on any atom is -0.497 e. The van der Waals surface area contributed by atoms with Gasteiger partial charge in [-0.2, -0.15) is 0 Å². The molecular weight excluding hydrogens is 290 g/mol. The third kappa shape index (κ3) is 3.93. The molecule has 0 radical (unpaired) electrons. The average molecular weight is 319 g/mol. The highest BCUT2D eigenvalue weighted by atomic mass is 16.5. The first kappa shape index (κ1) is 18.0. The molecule has 2 rings (SSSR count). The van der Waals surface area contributed by atoms with E-state index in [1.165, 1.54) is 0 Å². The fraction of sp³-hybridized carbons (Fsp3) is 0.632. The number of benzene rings is 1. The van der Waals surface area contributed by atoms with Crippen LogP contribution in [0.3, 0.4) is 0 Å². The lowest BCUT2D eigenvalue weighted by Gasteiger charge is -2.45. The van der Waals surface area contributed by atoms with E-state index in [9.17, 15) is 4.79 Å². The quantitative estimate of drug-likeness (QED) is 0.687. The van der Waals surface area contributed by atoms with Crippen molar-refractivity contribution in [1.29, 1.82) is 0 Å². The lowest BCUT2D eigenvalue weighted by molar-refractivity contribution is -0.0209. The number of morpholine rings is 1. The highest BCUT2D eigenvalue weighted by Crippen LogP contribution is 2.32. The Kier molecular flexibility index (Phi) is 6.60. The smallest absolute Gasteiger partial charge is 0.183 e. The molecule has 128 valence electrons. The molecular formula is C19H29NO3. The molecule has 0 amide bonds. The van der Waals surface area contributed by atoms with Crippen molar-refractivity contribution in [3.63, 3.8) is 0 Å². The van der Waals surface area contributed by atoms with Crippen LogP contribution in [0.5, 0.6) is 5.75 Å². The number of rotatable bonds is 8. The Bertz CT molecular complexity index is 486. The van der Waals surface area contributed by atoms with Crippen LogP contribution in [0.25, 0.3) is 0 Å². The number of carbonyl (C=O) groups excluding carboxylic acids is 1. The van der Waals surface area contributed by atoms with Gasteiger partial charge in [-0.3, -0.25) is 9.69 Å². The molecule has 1 aliphatic heterocycles. The maximum atomic E-state index is 13.4. The van der Waals surface area contributed by atoms with Gasteiger partial charge < -0.3 is 9.47 Å². The Morgan fingerprint density at radius 3 is 2.17 bits per heavy atom. The molecule has 23 heavy (non-hydrogen) atoms. The van der Waals surface area contributed by atoms with Gasteiger partial charge in [0.05, 0.1) is 25.9 Å². The normalized spacial score (nSPS) is 16.3. The minimum atomic E-state index is -0.401. The predicted octanol–water partition coefficient (Wildman–Crippen LogP) is 3.55. The highest BCUT2D eigenvalue weighted by Gasteiger charge is 2.43. The van der Waals surface area contributed by atoms with Crippen LogP contribution in [-0.4, -0.2) is 49.6 Å². The second-order valence-corrected chi connectivity index (χ2v) is 6.19. The predicted molar refractivity (Wildman–Crippen MR) is 92.3 cm³/mol. The Labute approximate surface area is 139 Å². The molecule has 0 atom stereocenters. The topological polar surface area (TPSA) is 38.8 Å². The van der Waals surface area contributed by atoms with Crippen molar-refractivity contribution in [3.05, 3.63) is 29.8 Å². The zero-order valence-electron chi connectivity index (χ0n) is 14.6. The van der Waals surface area contributed by atoms with Gasteiger partial charge >= 0.3 is 0 Å². The number of methoxy groups -OCH3 is 1. The standard InChI is InChI=1S/C19H29NO3/c1-4-10-19(11-5-2,20-12-14-23-15-13-20)18(21)16-6-8-17(22-3)9-7-16/h6-9H,4-5,10-15H2,1-3H3. The van der Waals surface area contributed by atoms with E-state index >= 15 is 0 Å². The van der Waals surface area contributed by atoms with Crippen LogP contribution in [0.1, 0.15) is 49.9 Å². The van der Waals surface area contributed by atoms with Gasteiger partial charge in [0.2, 0.25) is 0 Å². The van der Waals surface area contributed by atoms with E-state index in [1.807, 2.05) is 24.3 Å². The molecule has 4 nitrogen and oxygen atoms in total. The molecule has 1 fully saturated rings. The summed E-state index contributed by atoms with van der Waals surface area (Å²) in [6.45, 7) is 7.41. The van der Waals surface area contributed by atoms with E-state index in [1.54, 1.807) is 7.11 Å². The number of carbonyl (C=O) groups is 1. The van der Waals surface area contributed by atoms with Gasteiger partial charge in [-0.1, -0.05) is 26.7 Å². The lowest BCUT2D eigenvalue weighted by atomic mass is 9.79. The summed E-state index contributed by atoms with van der Waals surface area (Å²) in [5.41, 5.74) is 0.376. The third-order valence-electron chi connectivity index (χ3n) is 4.72. The molecule has 0 unspecified atom stereocenters. The molecule has 0 N–H and O–H groups in total. The van der Waals surface area contributed by atoms with Crippen molar-refractivity contribution < 1.29 is 14.3 Å². The molecule has 0 bridgehead atoms. The van der Waals surface area contributed by atoms with Crippen molar-refractivity contribution in [2.45, 2.75) is 45.1 Å². The molecule has 1 heterocycles. The van der Waals surface area contributed by atoms with Gasteiger partial charge in [0.15, 0.2) is 5.78 Å². The zero-order valence-corrected chi connectivity index (χ0v) is 14.6. The van der Waals surface area contributed by atoms with Gasteiger partial charge in [-0.15, -0.1) is 0 Å². The zero-order chi connectivity index (χ0) is 16.7. The molecule has 4 heteroatoms. The SMILES string of the molecule is CCCC(CCC)(C(=O)c1ccc(OC)cc1)N1CCOCC1. The van der Waals surface area contributed by atoms with Crippen LogP contribution in [0.15, 0.2) is 24.3 Å². The Morgan fingerprint density at radius 1 is 1.13 bits per heavy atom. The van der Waals surface area contributed by atoms with Gasteiger partial charge in [-0.25, -0.2) is 0 Å². The number of ether oxygens (including phenoxy) is 2. The van der Waals surface area contributed by atoms with Crippen LogP contribution >= 0.6 is 0 Å². The summed E-state index contributed by atoms with van der Waals surface area (Å²) >= 11 is 0. The Morgan fingerprint density at radius 2 is 1.70 bits per heavy atom.